The maximum atomic E-state index is 6.41. The first-order chi connectivity index (χ1) is 12.3. The van der Waals surface area contributed by atoms with E-state index in [0.29, 0.717) is 29.7 Å². The first kappa shape index (κ1) is 23.5. The number of nitrogens with one attached hydrogen (secondary N) is 1. The number of halogens is 3. The van der Waals surface area contributed by atoms with Crippen molar-refractivity contribution in [1.29, 1.82) is 0 Å². The van der Waals surface area contributed by atoms with Crippen molar-refractivity contribution in [2.75, 3.05) is 7.11 Å². The van der Waals surface area contributed by atoms with E-state index < -0.39 is 0 Å². The van der Waals surface area contributed by atoms with Gasteiger partial charge < -0.3 is 39.6 Å². The van der Waals surface area contributed by atoms with Gasteiger partial charge in [-0.3, -0.25) is 4.98 Å². The van der Waals surface area contributed by atoms with Crippen LogP contribution in [0.1, 0.15) is 16.0 Å². The molecule has 0 atom stereocenters. The molecule has 0 radical (unpaired) electrons. The fourth-order valence-electron chi connectivity index (χ4n) is 2.40. The Bertz CT molecular complexity index is 802. The van der Waals surface area contributed by atoms with E-state index in [9.17, 15) is 0 Å². The largest absolute Gasteiger partial charge is 1.00 e. The molecular weight excluding hydrogens is 427 g/mol. The first-order valence-electron chi connectivity index (χ1n) is 7.87. The second-order valence-electron chi connectivity index (χ2n) is 5.44. The number of nitrogens with zero attached hydrogens (tertiary/aromatic N) is 1. The highest BCUT2D eigenvalue weighted by molar-refractivity contribution is 7.09. The van der Waals surface area contributed by atoms with E-state index in [2.05, 4.69) is 27.8 Å². The van der Waals surface area contributed by atoms with Gasteiger partial charge in [0.15, 0.2) is 11.5 Å². The molecule has 8 heteroatoms. The Morgan fingerprint density at radius 3 is 2.63 bits per heavy atom. The molecule has 0 amide bonds. The van der Waals surface area contributed by atoms with E-state index in [1.165, 1.54) is 4.88 Å². The molecule has 2 heterocycles. The average Bonchev–Trinajstić information content (AvgIpc) is 3.15. The van der Waals surface area contributed by atoms with Crippen molar-refractivity contribution in [2.45, 2.75) is 19.7 Å². The van der Waals surface area contributed by atoms with Gasteiger partial charge in [-0.05, 0) is 35.2 Å². The molecule has 3 aromatic rings. The van der Waals surface area contributed by atoms with E-state index in [4.69, 9.17) is 21.1 Å². The van der Waals surface area contributed by atoms with Crippen LogP contribution in [0.3, 0.4) is 0 Å². The lowest BCUT2D eigenvalue weighted by Crippen LogP contribution is -3.00. The van der Waals surface area contributed by atoms with Crippen molar-refractivity contribution >= 4 is 22.9 Å². The van der Waals surface area contributed by atoms with E-state index in [1.807, 2.05) is 24.3 Å². The van der Waals surface area contributed by atoms with Gasteiger partial charge in [-0.25, -0.2) is 0 Å². The lowest BCUT2D eigenvalue weighted by Gasteiger charge is -2.14. The van der Waals surface area contributed by atoms with Crippen LogP contribution in [0.15, 0.2) is 54.2 Å². The van der Waals surface area contributed by atoms with Gasteiger partial charge in [0.25, 0.3) is 0 Å². The van der Waals surface area contributed by atoms with Gasteiger partial charge in [0.2, 0.25) is 0 Å². The molecule has 0 aliphatic rings. The molecule has 2 aromatic heterocycles. The summed E-state index contributed by atoms with van der Waals surface area (Å²) in [4.78, 5) is 5.38. The molecule has 0 fully saturated rings. The third kappa shape index (κ3) is 6.87. The molecule has 0 aliphatic heterocycles. The normalized spacial score (nSPS) is 9.85. The lowest BCUT2D eigenvalue weighted by atomic mass is 10.2. The van der Waals surface area contributed by atoms with Gasteiger partial charge in [-0.1, -0.05) is 23.7 Å². The van der Waals surface area contributed by atoms with Crippen molar-refractivity contribution in [3.63, 3.8) is 0 Å². The summed E-state index contributed by atoms with van der Waals surface area (Å²) in [6.45, 7) is 1.92. The number of hydrogen-bond donors (Lipinski definition) is 1. The third-order valence-electron chi connectivity index (χ3n) is 3.60. The van der Waals surface area contributed by atoms with Gasteiger partial charge in [0.1, 0.15) is 6.61 Å². The van der Waals surface area contributed by atoms with Gasteiger partial charge in [0.05, 0.1) is 12.1 Å². The van der Waals surface area contributed by atoms with Crippen LogP contribution in [0.4, 0.5) is 0 Å². The Balaban J connectivity index is 0.00000182. The summed E-state index contributed by atoms with van der Waals surface area (Å²) in [6, 6.07) is 11.8. The molecule has 0 spiro atoms. The summed E-state index contributed by atoms with van der Waals surface area (Å²) >= 11 is 8.15. The van der Waals surface area contributed by atoms with E-state index in [0.717, 1.165) is 17.7 Å². The Kier molecular flexibility index (Phi) is 10.5. The molecule has 0 bridgehead atoms. The molecule has 1 aromatic carbocycles. The summed E-state index contributed by atoms with van der Waals surface area (Å²) in [5.41, 5.74) is 2.02. The number of ether oxygens (including phenoxy) is 2. The van der Waals surface area contributed by atoms with E-state index >= 15 is 0 Å². The van der Waals surface area contributed by atoms with Crippen LogP contribution < -0.4 is 39.6 Å². The molecule has 1 N–H and O–H groups in total. The molecule has 0 saturated heterocycles. The van der Waals surface area contributed by atoms with Crippen molar-refractivity contribution in [3.8, 4) is 11.5 Å². The monoisotopic (exact) mass is 444 g/mol. The highest BCUT2D eigenvalue weighted by atomic mass is 35.5. The zero-order chi connectivity index (χ0) is 17.5. The summed E-state index contributed by atoms with van der Waals surface area (Å²) in [5.74, 6) is 1.18. The molecule has 27 heavy (non-hydrogen) atoms. The van der Waals surface area contributed by atoms with Crippen LogP contribution >= 0.6 is 22.9 Å². The number of methoxy groups -OCH3 is 1. The molecule has 3 rings (SSSR count). The van der Waals surface area contributed by atoms with Crippen LogP contribution in [-0.4, -0.2) is 12.1 Å². The Labute approximate surface area is 180 Å². The zero-order valence-corrected chi connectivity index (χ0v) is 17.7. The fourth-order valence-corrected chi connectivity index (χ4v) is 3.36. The Morgan fingerprint density at radius 2 is 1.96 bits per heavy atom. The summed E-state index contributed by atoms with van der Waals surface area (Å²) in [7, 11) is 1.62. The minimum atomic E-state index is 0. The maximum Gasteiger partial charge on any atom is 0.180 e. The van der Waals surface area contributed by atoms with E-state index in [1.54, 1.807) is 30.8 Å². The van der Waals surface area contributed by atoms with Crippen LogP contribution in [-0.2, 0) is 19.7 Å². The SMILES string of the molecule is COc1cc(CNCc2cccs2)cc(Cl)c1OCc1cccnc1.[Cl-].[Cl-]. The number of hydrogen-bond acceptors (Lipinski definition) is 5. The maximum absolute atomic E-state index is 6.41. The second kappa shape index (κ2) is 12.1. The molecule has 0 unspecified atom stereocenters. The second-order valence-corrected chi connectivity index (χ2v) is 6.88. The molecule has 0 saturated carbocycles. The molecular formula is C19H19Cl3N2O2S-2. The average molecular weight is 446 g/mol. The molecule has 0 aliphatic carbocycles. The van der Waals surface area contributed by atoms with Crippen LogP contribution in [0.5, 0.6) is 11.5 Å². The summed E-state index contributed by atoms with van der Waals surface area (Å²) < 4.78 is 11.3. The van der Waals surface area contributed by atoms with E-state index in [-0.39, 0.29) is 24.8 Å². The van der Waals surface area contributed by atoms with Gasteiger partial charge in [0, 0.05) is 35.9 Å². The van der Waals surface area contributed by atoms with Crippen LogP contribution in [0, 0.1) is 0 Å². The number of thiophene rings is 1. The molecule has 4 nitrogen and oxygen atoms in total. The number of pyridine rings is 1. The van der Waals surface area contributed by atoms with Crippen molar-refractivity contribution < 1.29 is 34.3 Å². The predicted molar refractivity (Wildman–Crippen MR) is 101 cm³/mol. The Hall–Kier alpha value is -1.50. The predicted octanol–water partition coefficient (Wildman–Crippen LogP) is -1.32. The summed E-state index contributed by atoms with van der Waals surface area (Å²) in [5, 5.41) is 6.02. The quantitative estimate of drug-likeness (QED) is 0.467. The Morgan fingerprint density at radius 1 is 1.11 bits per heavy atom. The van der Waals surface area contributed by atoms with Crippen LogP contribution in [0.25, 0.3) is 0 Å². The van der Waals surface area contributed by atoms with Crippen LogP contribution in [0.2, 0.25) is 5.02 Å². The number of aromatic nitrogens is 1. The van der Waals surface area contributed by atoms with Gasteiger partial charge >= 0.3 is 0 Å². The van der Waals surface area contributed by atoms with Crippen molar-refractivity contribution in [3.05, 3.63) is 75.2 Å². The van der Waals surface area contributed by atoms with Crippen molar-refractivity contribution in [1.82, 2.24) is 10.3 Å². The first-order valence-corrected chi connectivity index (χ1v) is 9.13. The minimum absolute atomic E-state index is 0. The standard InChI is InChI=1S/C19H19ClN2O2S.2ClH/c1-23-18-9-15(11-22-12-16-5-3-7-25-16)8-17(20)19(18)24-13-14-4-2-6-21-10-14;;/h2-10,22H,11-13H2,1H3;2*1H/p-2. The van der Waals surface area contributed by atoms with Crippen molar-refractivity contribution in [2.24, 2.45) is 0 Å². The minimum Gasteiger partial charge on any atom is -1.00 e. The lowest BCUT2D eigenvalue weighted by molar-refractivity contribution is -0.00100. The number of benzene rings is 1. The smallest absolute Gasteiger partial charge is 0.180 e. The number of rotatable bonds is 8. The highest BCUT2D eigenvalue weighted by Crippen LogP contribution is 2.37. The van der Waals surface area contributed by atoms with Gasteiger partial charge in [-0.15, -0.1) is 11.3 Å². The summed E-state index contributed by atoms with van der Waals surface area (Å²) in [6.07, 6.45) is 3.50. The third-order valence-corrected chi connectivity index (χ3v) is 4.76. The fraction of sp³-hybridized carbons (Fsp3) is 0.211. The zero-order valence-electron chi connectivity index (χ0n) is 14.6. The molecule has 146 valence electrons. The van der Waals surface area contributed by atoms with Gasteiger partial charge in [-0.2, -0.15) is 0 Å². The topological polar surface area (TPSA) is 43.4 Å². The highest BCUT2D eigenvalue weighted by Gasteiger charge is 2.12.